The number of piperazine rings is 1. The summed E-state index contributed by atoms with van der Waals surface area (Å²) in [5.74, 6) is 0.0308. The Bertz CT molecular complexity index is 431. The zero-order valence-electron chi connectivity index (χ0n) is 11.1. The van der Waals surface area contributed by atoms with Gasteiger partial charge >= 0.3 is 0 Å². The normalized spacial score (nSPS) is 22.0. The van der Waals surface area contributed by atoms with Gasteiger partial charge in [0.05, 0.1) is 0 Å². The number of amidine groups is 1. The van der Waals surface area contributed by atoms with Gasteiger partial charge in [-0.2, -0.15) is 0 Å². The molecule has 0 aromatic carbocycles. The predicted molar refractivity (Wildman–Crippen MR) is 72.6 cm³/mol. The summed E-state index contributed by atoms with van der Waals surface area (Å²) in [4.78, 5) is 8.90. The van der Waals surface area contributed by atoms with Gasteiger partial charge in [-0.1, -0.05) is 0 Å². The molecular formula is C13H21N5. The van der Waals surface area contributed by atoms with E-state index in [1.54, 1.807) is 6.20 Å². The molecule has 0 saturated carbocycles. The van der Waals surface area contributed by atoms with E-state index in [1.165, 1.54) is 5.56 Å². The van der Waals surface area contributed by atoms with Crippen LogP contribution >= 0.6 is 0 Å². The van der Waals surface area contributed by atoms with Gasteiger partial charge in [-0.3, -0.25) is 15.3 Å². The quantitative estimate of drug-likeness (QED) is 0.603. The van der Waals surface area contributed by atoms with Crippen LogP contribution in [0.1, 0.15) is 18.2 Å². The van der Waals surface area contributed by atoms with E-state index in [1.807, 2.05) is 12.1 Å². The predicted octanol–water partition coefficient (Wildman–Crippen LogP) is 0.502. The summed E-state index contributed by atoms with van der Waals surface area (Å²) >= 11 is 0. The fourth-order valence-corrected chi connectivity index (χ4v) is 2.37. The second kappa shape index (κ2) is 5.46. The number of nitrogens with two attached hydrogens (primary N) is 1. The number of hydrogen-bond donors (Lipinski definition) is 2. The van der Waals surface area contributed by atoms with Crippen molar-refractivity contribution >= 4 is 5.84 Å². The van der Waals surface area contributed by atoms with Gasteiger partial charge in [-0.15, -0.1) is 0 Å². The lowest BCUT2D eigenvalue weighted by Gasteiger charge is -2.38. The Morgan fingerprint density at radius 3 is 3.00 bits per heavy atom. The van der Waals surface area contributed by atoms with E-state index in [0.717, 1.165) is 26.2 Å². The molecule has 0 aliphatic carbocycles. The molecule has 1 saturated heterocycles. The minimum Gasteiger partial charge on any atom is -0.382 e. The average Bonchev–Trinajstić information content (AvgIpc) is 2.33. The standard InChI is InChI=1S/C13H21N5/c1-10-8-17(2)5-6-18(10)9-11-3-4-16-12(7-11)13(14)15/h3-4,7,10H,5-6,8-9H2,1-2H3,(H3,14,15). The van der Waals surface area contributed by atoms with E-state index < -0.39 is 0 Å². The van der Waals surface area contributed by atoms with E-state index in [0.29, 0.717) is 11.7 Å². The van der Waals surface area contributed by atoms with E-state index >= 15 is 0 Å². The fourth-order valence-electron chi connectivity index (χ4n) is 2.37. The van der Waals surface area contributed by atoms with Crippen molar-refractivity contribution in [2.24, 2.45) is 5.73 Å². The molecule has 0 spiro atoms. The van der Waals surface area contributed by atoms with E-state index in [-0.39, 0.29) is 5.84 Å². The number of rotatable bonds is 3. The Balaban J connectivity index is 2.05. The second-order valence-corrected chi connectivity index (χ2v) is 5.04. The largest absolute Gasteiger partial charge is 0.382 e. The van der Waals surface area contributed by atoms with Crippen molar-refractivity contribution in [3.63, 3.8) is 0 Å². The van der Waals surface area contributed by atoms with Gasteiger partial charge in [0, 0.05) is 38.4 Å². The monoisotopic (exact) mass is 247 g/mol. The highest BCUT2D eigenvalue weighted by Gasteiger charge is 2.21. The van der Waals surface area contributed by atoms with Gasteiger partial charge in [0.1, 0.15) is 11.5 Å². The molecule has 1 fully saturated rings. The Morgan fingerprint density at radius 2 is 2.33 bits per heavy atom. The maximum atomic E-state index is 7.41. The lowest BCUT2D eigenvalue weighted by Crippen LogP contribution is -2.49. The molecule has 1 aliphatic heterocycles. The SMILES string of the molecule is CC1CN(C)CCN1Cc1ccnc(C(=N)N)c1. The van der Waals surface area contributed by atoms with Crippen molar-refractivity contribution in [2.45, 2.75) is 19.5 Å². The third kappa shape index (κ3) is 3.05. The van der Waals surface area contributed by atoms with Crippen molar-refractivity contribution in [2.75, 3.05) is 26.7 Å². The average molecular weight is 247 g/mol. The molecule has 0 bridgehead atoms. The number of nitrogens with zero attached hydrogens (tertiary/aromatic N) is 3. The van der Waals surface area contributed by atoms with E-state index in [2.05, 4.69) is 28.8 Å². The summed E-state index contributed by atoms with van der Waals surface area (Å²) in [6.07, 6.45) is 1.73. The molecule has 5 heteroatoms. The highest BCUT2D eigenvalue weighted by Crippen LogP contribution is 2.13. The van der Waals surface area contributed by atoms with Crippen LogP contribution in [0.2, 0.25) is 0 Å². The van der Waals surface area contributed by atoms with E-state index in [4.69, 9.17) is 11.1 Å². The lowest BCUT2D eigenvalue weighted by molar-refractivity contribution is 0.0938. The van der Waals surface area contributed by atoms with Gasteiger partial charge < -0.3 is 10.6 Å². The van der Waals surface area contributed by atoms with Gasteiger partial charge in [0.2, 0.25) is 0 Å². The van der Waals surface area contributed by atoms with Crippen LogP contribution in [-0.4, -0.2) is 53.3 Å². The minimum absolute atomic E-state index is 0.0308. The van der Waals surface area contributed by atoms with E-state index in [9.17, 15) is 0 Å². The Labute approximate surface area is 108 Å². The van der Waals surface area contributed by atoms with Crippen molar-refractivity contribution < 1.29 is 0 Å². The van der Waals surface area contributed by atoms with Crippen molar-refractivity contribution in [1.82, 2.24) is 14.8 Å². The number of likely N-dealkylation sites (N-methyl/N-ethyl adjacent to an activating group) is 1. The van der Waals surface area contributed by atoms with Gasteiger partial charge in [0.25, 0.3) is 0 Å². The van der Waals surface area contributed by atoms with Crippen LogP contribution < -0.4 is 5.73 Å². The zero-order valence-corrected chi connectivity index (χ0v) is 11.1. The first-order valence-electron chi connectivity index (χ1n) is 6.28. The Kier molecular flexibility index (Phi) is 3.93. The number of aromatic nitrogens is 1. The van der Waals surface area contributed by atoms with Crippen molar-refractivity contribution in [3.05, 3.63) is 29.6 Å². The van der Waals surface area contributed by atoms with Crippen molar-refractivity contribution in [3.8, 4) is 0 Å². The molecule has 3 N–H and O–H groups in total. The first-order valence-corrected chi connectivity index (χ1v) is 6.28. The van der Waals surface area contributed by atoms with Crippen LogP contribution in [0.15, 0.2) is 18.3 Å². The maximum absolute atomic E-state index is 7.41. The Hall–Kier alpha value is -1.46. The third-order valence-electron chi connectivity index (χ3n) is 3.45. The fraction of sp³-hybridized carbons (Fsp3) is 0.538. The first-order chi connectivity index (χ1) is 8.56. The summed E-state index contributed by atoms with van der Waals surface area (Å²) in [6.45, 7) is 6.44. The summed E-state index contributed by atoms with van der Waals surface area (Å²) < 4.78 is 0. The maximum Gasteiger partial charge on any atom is 0.141 e. The lowest BCUT2D eigenvalue weighted by atomic mass is 10.1. The first kappa shape index (κ1) is 13.0. The number of pyridine rings is 1. The zero-order chi connectivity index (χ0) is 13.1. The van der Waals surface area contributed by atoms with Crippen LogP contribution in [0.3, 0.4) is 0 Å². The van der Waals surface area contributed by atoms with Gasteiger partial charge in [-0.25, -0.2) is 0 Å². The molecule has 1 aromatic heterocycles. The number of nitrogens with one attached hydrogen (secondary N) is 1. The molecule has 0 amide bonds. The van der Waals surface area contributed by atoms with Gasteiger partial charge in [0.15, 0.2) is 0 Å². The molecule has 1 unspecified atom stereocenters. The molecule has 5 nitrogen and oxygen atoms in total. The highest BCUT2D eigenvalue weighted by molar-refractivity contribution is 5.93. The summed E-state index contributed by atoms with van der Waals surface area (Å²) in [5.41, 5.74) is 7.20. The molecule has 2 heterocycles. The molecule has 98 valence electrons. The number of nitrogen functional groups attached to an aromatic ring is 1. The smallest absolute Gasteiger partial charge is 0.141 e. The highest BCUT2D eigenvalue weighted by atomic mass is 15.3. The van der Waals surface area contributed by atoms with Gasteiger partial charge in [-0.05, 0) is 31.7 Å². The third-order valence-corrected chi connectivity index (χ3v) is 3.45. The molecular weight excluding hydrogens is 226 g/mol. The molecule has 1 aromatic rings. The van der Waals surface area contributed by atoms with Crippen LogP contribution in [0.25, 0.3) is 0 Å². The minimum atomic E-state index is 0.0308. The van der Waals surface area contributed by atoms with Crippen LogP contribution in [0.4, 0.5) is 0 Å². The number of hydrogen-bond acceptors (Lipinski definition) is 4. The summed E-state index contributed by atoms with van der Waals surface area (Å²) in [5, 5.41) is 7.41. The molecule has 1 atom stereocenters. The summed E-state index contributed by atoms with van der Waals surface area (Å²) in [6, 6.07) is 4.46. The molecule has 0 radical (unpaired) electrons. The van der Waals surface area contributed by atoms with Crippen LogP contribution in [0, 0.1) is 5.41 Å². The Morgan fingerprint density at radius 1 is 1.56 bits per heavy atom. The van der Waals surface area contributed by atoms with Crippen LogP contribution in [0.5, 0.6) is 0 Å². The second-order valence-electron chi connectivity index (χ2n) is 5.04. The molecule has 1 aliphatic rings. The van der Waals surface area contributed by atoms with Crippen molar-refractivity contribution in [1.29, 1.82) is 5.41 Å². The molecule has 2 rings (SSSR count). The van der Waals surface area contributed by atoms with Crippen LogP contribution in [-0.2, 0) is 6.54 Å². The topological polar surface area (TPSA) is 69.2 Å². The molecule has 18 heavy (non-hydrogen) atoms. The summed E-state index contributed by atoms with van der Waals surface area (Å²) in [7, 11) is 2.16.